The van der Waals surface area contributed by atoms with Gasteiger partial charge in [-0.1, -0.05) is 11.6 Å². The molecule has 2 rings (SSSR count). The molecular weight excluding hydrogens is 389 g/mol. The molecule has 1 amide bonds. The van der Waals surface area contributed by atoms with E-state index in [1.807, 2.05) is 5.32 Å². The van der Waals surface area contributed by atoms with Gasteiger partial charge in [0.15, 0.2) is 29.0 Å². The lowest BCUT2D eigenvalue weighted by molar-refractivity contribution is 0.0696. The molecule has 0 aromatic heterocycles. The Morgan fingerprint density at radius 3 is 1.96 bits per heavy atom. The SMILES string of the molecule is COc1c(Cl)cc(C(=O)O)cc1NC(=O)c1c(F)c(F)c(F)c(F)c1F. The van der Waals surface area contributed by atoms with E-state index in [9.17, 15) is 31.5 Å². The van der Waals surface area contributed by atoms with Crippen LogP contribution < -0.4 is 10.1 Å². The first-order valence-corrected chi connectivity index (χ1v) is 6.91. The molecule has 26 heavy (non-hydrogen) atoms. The van der Waals surface area contributed by atoms with Gasteiger partial charge in [-0.25, -0.2) is 26.7 Å². The van der Waals surface area contributed by atoms with Gasteiger partial charge in [0.2, 0.25) is 5.82 Å². The molecule has 0 saturated heterocycles. The Morgan fingerprint density at radius 2 is 1.50 bits per heavy atom. The first-order valence-electron chi connectivity index (χ1n) is 6.53. The fourth-order valence-electron chi connectivity index (χ4n) is 2.01. The van der Waals surface area contributed by atoms with Crippen LogP contribution in [0.1, 0.15) is 20.7 Å². The van der Waals surface area contributed by atoms with Crippen molar-refractivity contribution in [1.82, 2.24) is 0 Å². The summed E-state index contributed by atoms with van der Waals surface area (Å²) in [5, 5.41) is 10.5. The van der Waals surface area contributed by atoms with E-state index in [0.29, 0.717) is 0 Å². The summed E-state index contributed by atoms with van der Waals surface area (Å²) in [6.07, 6.45) is 0. The summed E-state index contributed by atoms with van der Waals surface area (Å²) in [7, 11) is 1.09. The Kier molecular flexibility index (Phi) is 5.36. The van der Waals surface area contributed by atoms with Gasteiger partial charge in [-0.3, -0.25) is 4.79 Å². The van der Waals surface area contributed by atoms with E-state index in [1.54, 1.807) is 0 Å². The summed E-state index contributed by atoms with van der Waals surface area (Å²) in [6, 6.07) is 1.80. The van der Waals surface area contributed by atoms with Crippen LogP contribution in [0.15, 0.2) is 12.1 Å². The van der Waals surface area contributed by atoms with Crippen molar-refractivity contribution in [3.05, 3.63) is 57.4 Å². The largest absolute Gasteiger partial charge is 0.493 e. The van der Waals surface area contributed by atoms with E-state index in [2.05, 4.69) is 0 Å². The van der Waals surface area contributed by atoms with Crippen molar-refractivity contribution in [2.45, 2.75) is 0 Å². The zero-order valence-electron chi connectivity index (χ0n) is 12.6. The number of amides is 1. The van der Waals surface area contributed by atoms with Crippen LogP contribution in [0, 0.1) is 29.1 Å². The van der Waals surface area contributed by atoms with Gasteiger partial charge in [0, 0.05) is 0 Å². The Bertz CT molecular complexity index is 906. The Labute approximate surface area is 146 Å². The lowest BCUT2D eigenvalue weighted by Crippen LogP contribution is -2.20. The van der Waals surface area contributed by atoms with Crippen molar-refractivity contribution in [2.24, 2.45) is 0 Å². The molecule has 0 aliphatic heterocycles. The third kappa shape index (κ3) is 3.27. The lowest BCUT2D eigenvalue weighted by atomic mass is 10.1. The number of carbonyl (C=O) groups is 2. The number of ether oxygens (including phenoxy) is 1. The first-order chi connectivity index (χ1) is 12.1. The van der Waals surface area contributed by atoms with Gasteiger partial charge in [0.05, 0.1) is 23.4 Å². The normalized spacial score (nSPS) is 10.6. The third-order valence-electron chi connectivity index (χ3n) is 3.18. The van der Waals surface area contributed by atoms with Gasteiger partial charge < -0.3 is 15.2 Å². The highest BCUT2D eigenvalue weighted by Gasteiger charge is 2.30. The molecular formula is C15H7ClF5NO4. The average Bonchev–Trinajstić information content (AvgIpc) is 2.58. The first kappa shape index (κ1) is 19.4. The highest BCUT2D eigenvalue weighted by atomic mass is 35.5. The molecule has 0 atom stereocenters. The van der Waals surface area contributed by atoms with Crippen LogP contribution in [0.3, 0.4) is 0 Å². The van der Waals surface area contributed by atoms with Crippen LogP contribution >= 0.6 is 11.6 Å². The molecule has 0 saturated carbocycles. The summed E-state index contributed by atoms with van der Waals surface area (Å²) in [5.74, 6) is -15.2. The topological polar surface area (TPSA) is 75.6 Å². The maximum atomic E-state index is 13.7. The molecule has 0 aliphatic carbocycles. The van der Waals surface area contributed by atoms with Gasteiger partial charge >= 0.3 is 5.97 Å². The van der Waals surface area contributed by atoms with Crippen LogP contribution in [-0.4, -0.2) is 24.1 Å². The predicted octanol–water partition coefficient (Wildman–Crippen LogP) is 3.99. The minimum absolute atomic E-state index is 0.278. The number of carboxylic acids is 1. The highest BCUT2D eigenvalue weighted by molar-refractivity contribution is 6.33. The fraction of sp³-hybridized carbons (Fsp3) is 0.0667. The van der Waals surface area contributed by atoms with Crippen LogP contribution in [0.5, 0.6) is 5.75 Å². The van der Waals surface area contributed by atoms with Gasteiger partial charge in [-0.15, -0.1) is 0 Å². The standard InChI is InChI=1S/C15H7ClF5NO4/c1-26-13-5(16)2-4(15(24)25)3-6(13)22-14(23)7-8(17)10(19)12(21)11(20)9(7)18/h2-3H,1H3,(H,22,23)(H,24,25). The molecule has 5 nitrogen and oxygen atoms in total. The van der Waals surface area contributed by atoms with E-state index in [4.69, 9.17) is 21.4 Å². The number of rotatable bonds is 4. The van der Waals surface area contributed by atoms with Crippen molar-refractivity contribution < 1.29 is 41.4 Å². The maximum Gasteiger partial charge on any atom is 0.335 e. The monoisotopic (exact) mass is 395 g/mol. The number of carboxylic acid groups (broad SMARTS) is 1. The van der Waals surface area contributed by atoms with Gasteiger partial charge in [0.1, 0.15) is 5.56 Å². The highest BCUT2D eigenvalue weighted by Crippen LogP contribution is 2.35. The fourth-order valence-corrected chi connectivity index (χ4v) is 2.30. The van der Waals surface area contributed by atoms with Gasteiger partial charge in [-0.2, -0.15) is 0 Å². The number of carbonyl (C=O) groups excluding carboxylic acids is 1. The number of anilines is 1. The van der Waals surface area contributed by atoms with E-state index >= 15 is 0 Å². The molecule has 0 spiro atoms. The van der Waals surface area contributed by atoms with Crippen molar-refractivity contribution in [1.29, 1.82) is 0 Å². The molecule has 2 N–H and O–H groups in total. The van der Waals surface area contributed by atoms with E-state index in [-0.39, 0.29) is 10.8 Å². The third-order valence-corrected chi connectivity index (χ3v) is 3.46. The zero-order valence-corrected chi connectivity index (χ0v) is 13.4. The van der Waals surface area contributed by atoms with E-state index < -0.39 is 57.8 Å². The second-order valence-electron chi connectivity index (χ2n) is 4.74. The van der Waals surface area contributed by atoms with Crippen LogP contribution in [0.2, 0.25) is 5.02 Å². The second-order valence-corrected chi connectivity index (χ2v) is 5.15. The number of hydrogen-bond donors (Lipinski definition) is 2. The van der Waals surface area contributed by atoms with Crippen molar-refractivity contribution in [3.63, 3.8) is 0 Å². The number of aromatic carboxylic acids is 1. The molecule has 0 unspecified atom stereocenters. The molecule has 0 bridgehead atoms. The lowest BCUT2D eigenvalue weighted by Gasteiger charge is -2.14. The molecule has 0 radical (unpaired) electrons. The molecule has 2 aromatic rings. The summed E-state index contributed by atoms with van der Waals surface area (Å²) in [6.45, 7) is 0. The number of hydrogen-bond acceptors (Lipinski definition) is 3. The molecule has 2 aromatic carbocycles. The Morgan fingerprint density at radius 1 is 1.00 bits per heavy atom. The van der Waals surface area contributed by atoms with Crippen molar-refractivity contribution in [2.75, 3.05) is 12.4 Å². The number of nitrogens with one attached hydrogen (secondary N) is 1. The van der Waals surface area contributed by atoms with Gasteiger partial charge in [0.25, 0.3) is 5.91 Å². The summed E-state index contributed by atoms with van der Waals surface area (Å²) < 4.78 is 71.7. The number of benzene rings is 2. The summed E-state index contributed by atoms with van der Waals surface area (Å²) >= 11 is 5.78. The smallest absolute Gasteiger partial charge is 0.335 e. The van der Waals surface area contributed by atoms with E-state index in [0.717, 1.165) is 19.2 Å². The summed E-state index contributed by atoms with van der Waals surface area (Å²) in [4.78, 5) is 23.1. The van der Waals surface area contributed by atoms with Crippen LogP contribution in [-0.2, 0) is 0 Å². The second kappa shape index (κ2) is 7.16. The maximum absolute atomic E-state index is 13.7. The summed E-state index contributed by atoms with van der Waals surface area (Å²) in [5.41, 5.74) is -2.63. The van der Waals surface area contributed by atoms with E-state index in [1.165, 1.54) is 0 Å². The predicted molar refractivity (Wildman–Crippen MR) is 79.1 cm³/mol. The molecule has 0 aliphatic rings. The van der Waals surface area contributed by atoms with Crippen LogP contribution in [0.25, 0.3) is 0 Å². The molecule has 0 fully saturated rings. The molecule has 11 heteroatoms. The van der Waals surface area contributed by atoms with Crippen LogP contribution in [0.4, 0.5) is 27.6 Å². The minimum Gasteiger partial charge on any atom is -0.493 e. The Balaban J connectivity index is 2.57. The van der Waals surface area contributed by atoms with Crippen molar-refractivity contribution in [3.8, 4) is 5.75 Å². The minimum atomic E-state index is -2.43. The number of halogens is 6. The molecule has 138 valence electrons. The van der Waals surface area contributed by atoms with Crippen molar-refractivity contribution >= 4 is 29.2 Å². The quantitative estimate of drug-likeness (QED) is 0.466. The number of methoxy groups -OCH3 is 1. The molecule has 0 heterocycles. The average molecular weight is 396 g/mol. The van der Waals surface area contributed by atoms with Gasteiger partial charge in [-0.05, 0) is 12.1 Å². The zero-order chi connectivity index (χ0) is 19.8. The Hall–Kier alpha value is -2.88.